The van der Waals surface area contributed by atoms with Crippen LogP contribution in [-0.4, -0.2) is 27.2 Å². The van der Waals surface area contributed by atoms with Gasteiger partial charge in [0, 0.05) is 18.8 Å². The molecule has 1 aliphatic carbocycles. The first kappa shape index (κ1) is 14.9. The molecule has 0 amide bonds. The fourth-order valence-corrected chi connectivity index (χ4v) is 3.04. The van der Waals surface area contributed by atoms with Gasteiger partial charge >= 0.3 is 5.97 Å². The molecule has 24 heavy (non-hydrogen) atoms. The van der Waals surface area contributed by atoms with E-state index in [0.717, 1.165) is 35.7 Å². The minimum Gasteiger partial charge on any atom is -0.491 e. The summed E-state index contributed by atoms with van der Waals surface area (Å²) in [6.45, 7) is 3.25. The molecule has 2 aliphatic rings. The number of carboxylic acids is 1. The Balaban J connectivity index is 1.75. The van der Waals surface area contributed by atoms with Crippen molar-refractivity contribution in [1.82, 2.24) is 9.55 Å². The van der Waals surface area contributed by atoms with Crippen LogP contribution in [0.25, 0.3) is 11.4 Å². The Morgan fingerprint density at radius 3 is 2.92 bits per heavy atom. The second-order valence-electron chi connectivity index (χ2n) is 6.52. The normalized spacial score (nSPS) is 15.5. The Kier molecular flexibility index (Phi) is 3.40. The molecule has 1 aliphatic heterocycles. The molecule has 1 fully saturated rings. The van der Waals surface area contributed by atoms with Gasteiger partial charge in [0.25, 0.3) is 0 Å². The minimum absolute atomic E-state index is 0.205. The number of hydrogen-bond acceptors (Lipinski definition) is 4. The highest BCUT2D eigenvalue weighted by Gasteiger charge is 2.24. The van der Waals surface area contributed by atoms with Crippen molar-refractivity contribution in [3.05, 3.63) is 45.4 Å². The van der Waals surface area contributed by atoms with Crippen molar-refractivity contribution < 1.29 is 14.6 Å². The summed E-state index contributed by atoms with van der Waals surface area (Å²) in [5, 5.41) is 9.11. The lowest BCUT2D eigenvalue weighted by Gasteiger charge is -2.23. The van der Waals surface area contributed by atoms with Gasteiger partial charge in [0.05, 0.1) is 23.7 Å². The van der Waals surface area contributed by atoms with E-state index in [0.29, 0.717) is 18.2 Å². The molecule has 2 aromatic heterocycles. The van der Waals surface area contributed by atoms with Gasteiger partial charge in [-0.25, -0.2) is 9.78 Å². The third kappa shape index (κ3) is 2.58. The number of fused-ring (bicyclic) bond motifs is 3. The first-order valence-electron chi connectivity index (χ1n) is 8.14. The van der Waals surface area contributed by atoms with E-state index in [4.69, 9.17) is 9.84 Å². The molecule has 0 aromatic carbocycles. The number of ether oxygens (including phenoxy) is 1. The third-order valence-electron chi connectivity index (χ3n) is 4.64. The van der Waals surface area contributed by atoms with Crippen molar-refractivity contribution in [1.29, 1.82) is 0 Å². The van der Waals surface area contributed by atoms with Crippen LogP contribution >= 0.6 is 0 Å². The summed E-state index contributed by atoms with van der Waals surface area (Å²) < 4.78 is 7.68. The molecule has 0 unspecified atom stereocenters. The van der Waals surface area contributed by atoms with Crippen LogP contribution in [0.2, 0.25) is 0 Å². The fraction of sp³-hybridized carbons (Fsp3) is 0.389. The zero-order chi connectivity index (χ0) is 16.8. The summed E-state index contributed by atoms with van der Waals surface area (Å²) in [5.74, 6) is 0.279. The summed E-state index contributed by atoms with van der Waals surface area (Å²) >= 11 is 0. The van der Waals surface area contributed by atoms with Gasteiger partial charge in [-0.15, -0.1) is 0 Å². The number of nitrogens with zero attached hydrogens (tertiary/aromatic N) is 2. The first-order valence-corrected chi connectivity index (χ1v) is 8.14. The van der Waals surface area contributed by atoms with Crippen LogP contribution in [0, 0.1) is 12.8 Å². The minimum atomic E-state index is -1.20. The number of rotatable bonds is 4. The molecule has 1 saturated carbocycles. The van der Waals surface area contributed by atoms with E-state index in [1.54, 1.807) is 4.57 Å². The molecule has 0 radical (unpaired) electrons. The molecule has 4 rings (SSSR count). The Labute approximate surface area is 138 Å². The molecular formula is C18H18N2O4. The Morgan fingerprint density at radius 2 is 2.21 bits per heavy atom. The van der Waals surface area contributed by atoms with E-state index in [1.165, 1.54) is 25.1 Å². The van der Waals surface area contributed by atoms with Gasteiger partial charge in [-0.05, 0) is 43.7 Å². The van der Waals surface area contributed by atoms with Gasteiger partial charge in [-0.2, -0.15) is 0 Å². The van der Waals surface area contributed by atoms with E-state index < -0.39 is 11.4 Å². The fourth-order valence-electron chi connectivity index (χ4n) is 3.04. The van der Waals surface area contributed by atoms with Gasteiger partial charge in [0.2, 0.25) is 0 Å². The van der Waals surface area contributed by atoms with E-state index in [9.17, 15) is 9.59 Å². The quantitative estimate of drug-likeness (QED) is 0.932. The highest BCUT2D eigenvalue weighted by molar-refractivity contribution is 5.87. The SMILES string of the molecule is Cc1nc2c(cc1OCC1CC1)CCn1cc(C(=O)O)c(=O)cc1-2. The van der Waals surface area contributed by atoms with Crippen LogP contribution in [0.1, 0.15) is 34.5 Å². The zero-order valence-electron chi connectivity index (χ0n) is 13.4. The van der Waals surface area contributed by atoms with Crippen molar-refractivity contribution >= 4 is 5.97 Å². The number of carboxylic acid groups (broad SMARTS) is 1. The van der Waals surface area contributed by atoms with E-state index in [-0.39, 0.29) is 5.56 Å². The molecule has 6 nitrogen and oxygen atoms in total. The van der Waals surface area contributed by atoms with Crippen LogP contribution < -0.4 is 10.2 Å². The van der Waals surface area contributed by atoms with Gasteiger partial charge in [0.15, 0.2) is 5.43 Å². The van der Waals surface area contributed by atoms with E-state index in [2.05, 4.69) is 4.98 Å². The molecule has 124 valence electrons. The number of aromatic carboxylic acids is 1. The van der Waals surface area contributed by atoms with Crippen LogP contribution in [0.5, 0.6) is 5.75 Å². The Morgan fingerprint density at radius 1 is 1.42 bits per heavy atom. The summed E-state index contributed by atoms with van der Waals surface area (Å²) in [4.78, 5) is 27.8. The zero-order valence-corrected chi connectivity index (χ0v) is 13.4. The van der Waals surface area contributed by atoms with Crippen molar-refractivity contribution in [3.8, 4) is 17.1 Å². The number of carbonyl (C=O) groups is 1. The number of aromatic nitrogens is 2. The van der Waals surface area contributed by atoms with Gasteiger partial charge in [0.1, 0.15) is 11.3 Å². The average Bonchev–Trinajstić information content (AvgIpc) is 3.36. The lowest BCUT2D eigenvalue weighted by molar-refractivity contribution is 0.0694. The highest BCUT2D eigenvalue weighted by Crippen LogP contribution is 2.33. The standard InChI is InChI=1S/C18H18N2O4/c1-10-16(24-9-11-2-3-11)6-12-4-5-20-8-13(18(22)23)15(21)7-14(20)17(12)19-10/h6-8,11H,2-5,9H2,1H3,(H,22,23). The van der Waals surface area contributed by atoms with Crippen molar-refractivity contribution in [2.75, 3.05) is 6.61 Å². The summed E-state index contributed by atoms with van der Waals surface area (Å²) in [7, 11) is 0. The average molecular weight is 326 g/mol. The second kappa shape index (κ2) is 5.47. The molecule has 0 spiro atoms. The molecule has 3 heterocycles. The van der Waals surface area contributed by atoms with E-state index in [1.807, 2.05) is 13.0 Å². The Hall–Kier alpha value is -2.63. The van der Waals surface area contributed by atoms with Crippen LogP contribution in [-0.2, 0) is 13.0 Å². The largest absolute Gasteiger partial charge is 0.491 e. The topological polar surface area (TPSA) is 81.4 Å². The van der Waals surface area contributed by atoms with Crippen LogP contribution in [0.15, 0.2) is 23.1 Å². The van der Waals surface area contributed by atoms with Gasteiger partial charge in [-0.3, -0.25) is 4.79 Å². The number of pyridine rings is 2. The monoisotopic (exact) mass is 326 g/mol. The molecule has 2 aromatic rings. The maximum atomic E-state index is 12.0. The Bertz CT molecular complexity index is 897. The first-order chi connectivity index (χ1) is 11.5. The number of hydrogen-bond donors (Lipinski definition) is 1. The smallest absolute Gasteiger partial charge is 0.341 e. The lowest BCUT2D eigenvalue weighted by atomic mass is 10.0. The third-order valence-corrected chi connectivity index (χ3v) is 4.64. The highest BCUT2D eigenvalue weighted by atomic mass is 16.5. The molecule has 6 heteroatoms. The maximum Gasteiger partial charge on any atom is 0.341 e. The summed E-state index contributed by atoms with van der Waals surface area (Å²) in [5.41, 5.74) is 2.54. The van der Waals surface area contributed by atoms with E-state index >= 15 is 0 Å². The predicted molar refractivity (Wildman–Crippen MR) is 87.6 cm³/mol. The van der Waals surface area contributed by atoms with Gasteiger partial charge in [-0.1, -0.05) is 0 Å². The molecule has 1 N–H and O–H groups in total. The van der Waals surface area contributed by atoms with Crippen molar-refractivity contribution in [2.45, 2.75) is 32.7 Å². The molecule has 0 atom stereocenters. The van der Waals surface area contributed by atoms with Crippen molar-refractivity contribution in [3.63, 3.8) is 0 Å². The maximum absolute atomic E-state index is 12.0. The van der Waals surface area contributed by atoms with Gasteiger partial charge < -0.3 is 14.4 Å². The number of aryl methyl sites for hydroxylation is 3. The van der Waals surface area contributed by atoms with Crippen LogP contribution in [0.3, 0.4) is 0 Å². The molecule has 0 saturated heterocycles. The lowest BCUT2D eigenvalue weighted by Crippen LogP contribution is -2.22. The van der Waals surface area contributed by atoms with Crippen LogP contribution in [0.4, 0.5) is 0 Å². The predicted octanol–water partition coefficient (Wildman–Crippen LogP) is 2.26. The summed E-state index contributed by atoms with van der Waals surface area (Å²) in [6, 6.07) is 3.39. The molecular weight excluding hydrogens is 308 g/mol. The van der Waals surface area contributed by atoms with Crippen molar-refractivity contribution in [2.24, 2.45) is 5.92 Å². The summed E-state index contributed by atoms with van der Waals surface area (Å²) in [6.07, 6.45) is 4.62. The second-order valence-corrected chi connectivity index (χ2v) is 6.52. The molecule has 0 bridgehead atoms.